The number of aromatic nitrogens is 3. The summed E-state index contributed by atoms with van der Waals surface area (Å²) in [7, 11) is 1.62. The lowest BCUT2D eigenvalue weighted by atomic mass is 9.92. The van der Waals surface area contributed by atoms with Crippen LogP contribution in [0.4, 0.5) is 0 Å². The number of amides is 1. The molecule has 8 heteroatoms. The van der Waals surface area contributed by atoms with Crippen molar-refractivity contribution in [3.8, 4) is 17.1 Å². The number of nitrogens with two attached hydrogens (primary N) is 1. The van der Waals surface area contributed by atoms with Crippen molar-refractivity contribution in [2.45, 2.75) is 25.4 Å². The van der Waals surface area contributed by atoms with Crippen molar-refractivity contribution in [3.63, 3.8) is 0 Å². The maximum atomic E-state index is 12.5. The topological polar surface area (TPSA) is 86.3 Å². The molecule has 2 aromatic rings. The van der Waals surface area contributed by atoms with Gasteiger partial charge in [0.25, 0.3) is 0 Å². The third-order valence-corrected chi connectivity index (χ3v) is 5.49. The van der Waals surface area contributed by atoms with Crippen LogP contribution in [0.1, 0.15) is 20.3 Å². The van der Waals surface area contributed by atoms with Crippen LogP contribution in [0.3, 0.4) is 0 Å². The quantitative estimate of drug-likeness (QED) is 0.637. The van der Waals surface area contributed by atoms with Crippen molar-refractivity contribution in [1.29, 1.82) is 0 Å². The van der Waals surface area contributed by atoms with Crippen LogP contribution in [-0.2, 0) is 4.79 Å². The molecule has 1 aliphatic rings. The SMILES string of the molecule is COc1ccc(-c2nnc(SCC(=O)N3C[C@@H](C)C[C@H](C)C3)n2N)cc1. The first-order valence-corrected chi connectivity index (χ1v) is 9.72. The number of nitrogens with zero attached hydrogens (tertiary/aromatic N) is 4. The van der Waals surface area contributed by atoms with E-state index in [1.807, 2.05) is 29.2 Å². The van der Waals surface area contributed by atoms with Crippen molar-refractivity contribution in [1.82, 2.24) is 19.8 Å². The molecule has 140 valence electrons. The largest absolute Gasteiger partial charge is 0.497 e. The van der Waals surface area contributed by atoms with Gasteiger partial charge in [-0.2, -0.15) is 0 Å². The Balaban J connectivity index is 1.63. The highest BCUT2D eigenvalue weighted by Gasteiger charge is 2.25. The second kappa shape index (κ2) is 7.99. The van der Waals surface area contributed by atoms with Crippen LogP contribution < -0.4 is 10.6 Å². The summed E-state index contributed by atoms with van der Waals surface area (Å²) in [6.45, 7) is 6.05. The molecular formula is C18H25N5O2S. The second-order valence-corrected chi connectivity index (χ2v) is 7.88. The van der Waals surface area contributed by atoms with Crippen molar-refractivity contribution < 1.29 is 9.53 Å². The van der Waals surface area contributed by atoms with Crippen LogP contribution in [0.5, 0.6) is 5.75 Å². The van der Waals surface area contributed by atoms with E-state index in [0.29, 0.717) is 28.6 Å². The zero-order chi connectivity index (χ0) is 18.7. The molecule has 1 amide bonds. The molecule has 2 atom stereocenters. The van der Waals surface area contributed by atoms with Gasteiger partial charge in [-0.25, -0.2) is 4.68 Å². The third-order valence-electron chi connectivity index (χ3n) is 4.56. The Morgan fingerprint density at radius 2 is 1.88 bits per heavy atom. The number of rotatable bonds is 5. The maximum absolute atomic E-state index is 12.5. The summed E-state index contributed by atoms with van der Waals surface area (Å²) in [4.78, 5) is 14.5. The van der Waals surface area contributed by atoms with Gasteiger partial charge >= 0.3 is 0 Å². The highest BCUT2D eigenvalue weighted by Crippen LogP contribution is 2.25. The third kappa shape index (κ3) is 4.12. The number of carbonyl (C=O) groups excluding carboxylic acids is 1. The van der Waals surface area contributed by atoms with Crippen LogP contribution in [-0.4, -0.2) is 51.6 Å². The number of benzene rings is 1. The summed E-state index contributed by atoms with van der Waals surface area (Å²) in [5.41, 5.74) is 0.845. The molecule has 1 aromatic carbocycles. The minimum atomic E-state index is 0.127. The van der Waals surface area contributed by atoms with Gasteiger partial charge in [-0.05, 0) is 42.5 Å². The fourth-order valence-electron chi connectivity index (χ4n) is 3.40. The van der Waals surface area contributed by atoms with Gasteiger partial charge in [-0.3, -0.25) is 4.79 Å². The number of thioether (sulfide) groups is 1. The van der Waals surface area contributed by atoms with Gasteiger partial charge in [0.15, 0.2) is 5.82 Å². The number of nitrogen functional groups attached to an aromatic ring is 1. The van der Waals surface area contributed by atoms with Gasteiger partial charge < -0.3 is 15.5 Å². The molecule has 0 saturated carbocycles. The fraction of sp³-hybridized carbons (Fsp3) is 0.500. The van der Waals surface area contributed by atoms with E-state index in [-0.39, 0.29) is 5.91 Å². The van der Waals surface area contributed by atoms with E-state index in [2.05, 4.69) is 24.0 Å². The normalized spacial score (nSPS) is 20.2. The van der Waals surface area contributed by atoms with Crippen LogP contribution in [0.15, 0.2) is 29.4 Å². The van der Waals surface area contributed by atoms with E-state index < -0.39 is 0 Å². The van der Waals surface area contributed by atoms with Crippen molar-refractivity contribution in [2.75, 3.05) is 31.8 Å². The number of hydrogen-bond donors (Lipinski definition) is 1. The van der Waals surface area contributed by atoms with E-state index in [1.165, 1.54) is 22.9 Å². The van der Waals surface area contributed by atoms with Gasteiger partial charge in [0, 0.05) is 18.7 Å². The van der Waals surface area contributed by atoms with Crippen LogP contribution in [0.2, 0.25) is 0 Å². The lowest BCUT2D eigenvalue weighted by Crippen LogP contribution is -2.43. The number of hydrogen-bond acceptors (Lipinski definition) is 6. The maximum Gasteiger partial charge on any atom is 0.233 e. The summed E-state index contributed by atoms with van der Waals surface area (Å²) >= 11 is 1.32. The Hall–Kier alpha value is -2.22. The molecule has 7 nitrogen and oxygen atoms in total. The molecule has 1 fully saturated rings. The Morgan fingerprint density at radius 1 is 1.23 bits per heavy atom. The molecule has 1 saturated heterocycles. The van der Waals surface area contributed by atoms with Gasteiger partial charge in [0.1, 0.15) is 5.75 Å². The molecule has 26 heavy (non-hydrogen) atoms. The number of carbonyl (C=O) groups is 1. The zero-order valence-electron chi connectivity index (χ0n) is 15.4. The van der Waals surface area contributed by atoms with Crippen molar-refractivity contribution >= 4 is 17.7 Å². The predicted octanol–water partition coefficient (Wildman–Crippen LogP) is 2.26. The zero-order valence-corrected chi connectivity index (χ0v) is 16.2. The Morgan fingerprint density at radius 3 is 2.50 bits per heavy atom. The van der Waals surface area contributed by atoms with Gasteiger partial charge in [-0.1, -0.05) is 25.6 Å². The Labute approximate surface area is 157 Å². The summed E-state index contributed by atoms with van der Waals surface area (Å²) in [6, 6.07) is 7.45. The lowest BCUT2D eigenvalue weighted by Gasteiger charge is -2.34. The molecular weight excluding hydrogens is 350 g/mol. The molecule has 2 heterocycles. The van der Waals surface area contributed by atoms with Gasteiger partial charge in [0.2, 0.25) is 11.1 Å². The second-order valence-electron chi connectivity index (χ2n) is 6.94. The standard InChI is InChI=1S/C18H25N5O2S/c1-12-8-13(2)10-22(9-12)16(24)11-26-18-21-20-17(23(18)19)14-4-6-15(25-3)7-5-14/h4-7,12-13H,8-11,19H2,1-3H3/t12-,13-/m0/s1. The van der Waals surface area contributed by atoms with E-state index >= 15 is 0 Å². The Bertz CT molecular complexity index is 751. The highest BCUT2D eigenvalue weighted by atomic mass is 32.2. The number of piperidine rings is 1. The van der Waals surface area contributed by atoms with E-state index in [4.69, 9.17) is 10.6 Å². The summed E-state index contributed by atoms with van der Waals surface area (Å²) < 4.78 is 6.59. The summed E-state index contributed by atoms with van der Waals surface area (Å²) in [6.07, 6.45) is 1.18. The van der Waals surface area contributed by atoms with E-state index in [0.717, 1.165) is 24.4 Å². The Kier molecular flexibility index (Phi) is 5.70. The number of likely N-dealkylation sites (tertiary alicyclic amines) is 1. The molecule has 1 aliphatic heterocycles. The van der Waals surface area contributed by atoms with Crippen molar-refractivity contribution in [2.24, 2.45) is 11.8 Å². The smallest absolute Gasteiger partial charge is 0.233 e. The molecule has 0 bridgehead atoms. The molecule has 2 N–H and O–H groups in total. The van der Waals surface area contributed by atoms with Gasteiger partial charge in [-0.15, -0.1) is 10.2 Å². The highest BCUT2D eigenvalue weighted by molar-refractivity contribution is 7.99. The lowest BCUT2D eigenvalue weighted by molar-refractivity contribution is -0.130. The van der Waals surface area contributed by atoms with E-state index in [9.17, 15) is 4.79 Å². The monoisotopic (exact) mass is 375 g/mol. The molecule has 0 aliphatic carbocycles. The molecule has 1 aromatic heterocycles. The van der Waals surface area contributed by atoms with Crippen molar-refractivity contribution in [3.05, 3.63) is 24.3 Å². The number of methoxy groups -OCH3 is 1. The summed E-state index contributed by atoms with van der Waals surface area (Å²) in [5, 5.41) is 8.82. The average molecular weight is 375 g/mol. The van der Waals surface area contributed by atoms with E-state index in [1.54, 1.807) is 7.11 Å². The first-order valence-electron chi connectivity index (χ1n) is 8.73. The van der Waals surface area contributed by atoms with Crippen LogP contribution in [0.25, 0.3) is 11.4 Å². The molecule has 0 unspecified atom stereocenters. The molecule has 0 spiro atoms. The summed E-state index contributed by atoms with van der Waals surface area (Å²) in [5.74, 6) is 8.99. The van der Waals surface area contributed by atoms with Crippen LogP contribution >= 0.6 is 11.8 Å². The van der Waals surface area contributed by atoms with Gasteiger partial charge in [0.05, 0.1) is 12.9 Å². The van der Waals surface area contributed by atoms with Crippen LogP contribution in [0, 0.1) is 11.8 Å². The average Bonchev–Trinajstić information content (AvgIpc) is 2.99. The first-order chi connectivity index (χ1) is 12.5. The fourth-order valence-corrected chi connectivity index (χ4v) is 4.16. The predicted molar refractivity (Wildman–Crippen MR) is 102 cm³/mol. The number of ether oxygens (including phenoxy) is 1. The first kappa shape index (κ1) is 18.6. The molecule has 0 radical (unpaired) electrons. The minimum absolute atomic E-state index is 0.127. The molecule has 3 rings (SSSR count). The minimum Gasteiger partial charge on any atom is -0.497 e.